The average molecular weight is 468 g/mol. The van der Waals surface area contributed by atoms with Crippen LogP contribution in [0.2, 0.25) is 0 Å². The molecule has 1 atom stereocenters. The second-order valence-corrected chi connectivity index (χ2v) is 8.35. The van der Waals surface area contributed by atoms with Crippen LogP contribution in [0, 0.1) is 0 Å². The highest BCUT2D eigenvalue weighted by Gasteiger charge is 2.23. The summed E-state index contributed by atoms with van der Waals surface area (Å²) in [5, 5.41) is 15.4. The van der Waals surface area contributed by atoms with Gasteiger partial charge in [0.25, 0.3) is 0 Å². The highest BCUT2D eigenvalue weighted by Crippen LogP contribution is 2.34. The molecule has 0 aliphatic carbocycles. The van der Waals surface area contributed by atoms with E-state index >= 15 is 0 Å². The van der Waals surface area contributed by atoms with Crippen LogP contribution in [0.25, 0.3) is 11.3 Å². The molecule has 7 nitrogen and oxygen atoms in total. The van der Waals surface area contributed by atoms with Gasteiger partial charge in [0.2, 0.25) is 5.88 Å². The number of ether oxygens (including phenoxy) is 3. The van der Waals surface area contributed by atoms with Gasteiger partial charge >= 0.3 is 0 Å². The Bertz CT molecular complexity index is 963. The lowest BCUT2D eigenvalue weighted by molar-refractivity contribution is 0.0101. The molecule has 2 aromatic carbocycles. The lowest BCUT2D eigenvalue weighted by atomic mass is 10.1. The molecule has 0 saturated heterocycles. The maximum Gasteiger partial charge on any atom is 0.222 e. The van der Waals surface area contributed by atoms with E-state index in [-0.39, 0.29) is 0 Å². The third-order valence-corrected chi connectivity index (χ3v) is 5.51. The minimum absolute atomic E-state index is 0.315. The van der Waals surface area contributed by atoms with Crippen LogP contribution in [0.15, 0.2) is 60.7 Å². The Balaban J connectivity index is 1.86. The molecule has 0 amide bonds. The zero-order valence-corrected chi connectivity index (χ0v) is 20.5. The third-order valence-electron chi connectivity index (χ3n) is 5.51. The van der Waals surface area contributed by atoms with Gasteiger partial charge in [-0.15, -0.1) is 0 Å². The first-order valence-electron chi connectivity index (χ1n) is 11.9. The van der Waals surface area contributed by atoms with E-state index in [1.807, 2.05) is 67.7 Å². The summed E-state index contributed by atoms with van der Waals surface area (Å²) in [6.07, 6.45) is 1.48. The van der Waals surface area contributed by atoms with E-state index < -0.39 is 6.10 Å². The molecule has 0 saturated carbocycles. The molecule has 34 heavy (non-hydrogen) atoms. The van der Waals surface area contributed by atoms with Crippen molar-refractivity contribution in [3.63, 3.8) is 0 Å². The van der Waals surface area contributed by atoms with E-state index in [4.69, 9.17) is 19.3 Å². The Morgan fingerprint density at radius 2 is 1.74 bits per heavy atom. The van der Waals surface area contributed by atoms with Gasteiger partial charge in [0.15, 0.2) is 0 Å². The fourth-order valence-electron chi connectivity index (χ4n) is 3.75. The van der Waals surface area contributed by atoms with Crippen LogP contribution in [0.5, 0.6) is 11.6 Å². The van der Waals surface area contributed by atoms with Gasteiger partial charge in [-0.3, -0.25) is 4.90 Å². The molecule has 0 fully saturated rings. The molecule has 0 unspecified atom stereocenters. The van der Waals surface area contributed by atoms with Crippen LogP contribution in [0.3, 0.4) is 0 Å². The van der Waals surface area contributed by atoms with Crippen molar-refractivity contribution < 1.29 is 19.3 Å². The lowest BCUT2D eigenvalue weighted by Gasteiger charge is -2.25. The largest absolute Gasteiger partial charge is 0.439 e. The Hall–Kier alpha value is -2.71. The van der Waals surface area contributed by atoms with Crippen LogP contribution in [-0.4, -0.2) is 65.9 Å². The molecule has 0 aliphatic rings. The molecule has 0 bridgehead atoms. The molecule has 3 aromatic rings. The molecule has 7 heteroatoms. The van der Waals surface area contributed by atoms with Crippen LogP contribution in [0.4, 0.5) is 0 Å². The molecule has 184 valence electrons. The van der Waals surface area contributed by atoms with Crippen LogP contribution >= 0.6 is 0 Å². The summed E-state index contributed by atoms with van der Waals surface area (Å²) < 4.78 is 19.1. The normalized spacial score (nSPS) is 12.3. The predicted molar refractivity (Wildman–Crippen MR) is 134 cm³/mol. The molecule has 0 radical (unpaired) electrons. The molecule has 1 N–H and O–H groups in total. The first-order chi connectivity index (χ1) is 16.6. The Morgan fingerprint density at radius 3 is 2.41 bits per heavy atom. The summed E-state index contributed by atoms with van der Waals surface area (Å²) in [5.41, 5.74) is 2.85. The number of hydrogen-bond donors (Lipinski definition) is 1. The Labute approximate surface area is 202 Å². The second kappa shape index (κ2) is 13.9. The molecule has 0 aliphatic heterocycles. The molecule has 3 rings (SSSR count). The summed E-state index contributed by atoms with van der Waals surface area (Å²) in [7, 11) is 3.58. The first-order valence-corrected chi connectivity index (χ1v) is 11.9. The van der Waals surface area contributed by atoms with Gasteiger partial charge in [-0.05, 0) is 18.6 Å². The van der Waals surface area contributed by atoms with E-state index in [1.54, 1.807) is 11.8 Å². The third kappa shape index (κ3) is 7.67. The van der Waals surface area contributed by atoms with Gasteiger partial charge in [0, 0.05) is 46.0 Å². The zero-order chi connectivity index (χ0) is 24.2. The van der Waals surface area contributed by atoms with Gasteiger partial charge < -0.3 is 19.3 Å². The molecule has 1 aromatic heterocycles. The summed E-state index contributed by atoms with van der Waals surface area (Å²) in [6.45, 7) is 5.34. The van der Waals surface area contributed by atoms with E-state index in [0.29, 0.717) is 45.3 Å². The van der Waals surface area contributed by atoms with Gasteiger partial charge in [0.05, 0.1) is 24.9 Å². The number of aliphatic hydroxyl groups is 1. The van der Waals surface area contributed by atoms with Gasteiger partial charge in [-0.1, -0.05) is 61.9 Å². The second-order valence-electron chi connectivity index (χ2n) is 8.35. The minimum Gasteiger partial charge on any atom is -0.439 e. The smallest absolute Gasteiger partial charge is 0.222 e. The molecular formula is C27H37N3O4. The maximum atomic E-state index is 10.6. The summed E-state index contributed by atoms with van der Waals surface area (Å²) >= 11 is 0. The first kappa shape index (κ1) is 25.9. The Morgan fingerprint density at radius 1 is 1.03 bits per heavy atom. The van der Waals surface area contributed by atoms with E-state index in [2.05, 4.69) is 11.8 Å². The SMILES string of the molecule is CCCCOC[C@H](O)CN(CCOC)Cc1c(-c2ccccc2)nn(C)c1Oc1ccccc1. The number of unbranched alkanes of at least 4 members (excludes halogenated alkanes) is 1. The van der Waals surface area contributed by atoms with Crippen molar-refractivity contribution in [1.29, 1.82) is 0 Å². The van der Waals surface area contributed by atoms with Crippen LogP contribution in [0.1, 0.15) is 25.3 Å². The zero-order valence-electron chi connectivity index (χ0n) is 20.5. The van der Waals surface area contributed by atoms with E-state index in [1.165, 1.54) is 0 Å². The summed E-state index contributed by atoms with van der Waals surface area (Å²) in [5.74, 6) is 1.43. The monoisotopic (exact) mass is 467 g/mol. The number of aliphatic hydroxyl groups excluding tert-OH is 1. The van der Waals surface area contributed by atoms with Crippen LogP contribution in [-0.2, 0) is 23.1 Å². The Kier molecular flexibility index (Phi) is 10.6. The number of para-hydroxylation sites is 1. The summed E-state index contributed by atoms with van der Waals surface area (Å²) in [4.78, 5) is 2.17. The van der Waals surface area contributed by atoms with Crippen molar-refractivity contribution in [3.05, 3.63) is 66.2 Å². The number of nitrogens with zero attached hydrogens (tertiary/aromatic N) is 3. The number of benzene rings is 2. The fraction of sp³-hybridized carbons (Fsp3) is 0.444. The highest BCUT2D eigenvalue weighted by molar-refractivity contribution is 5.65. The van der Waals surface area contributed by atoms with Crippen molar-refractivity contribution in [2.45, 2.75) is 32.4 Å². The average Bonchev–Trinajstić information content (AvgIpc) is 3.16. The number of aryl methyl sites for hydroxylation is 1. The number of hydrogen-bond acceptors (Lipinski definition) is 6. The minimum atomic E-state index is -0.593. The number of methoxy groups -OCH3 is 1. The lowest BCUT2D eigenvalue weighted by Crippen LogP contribution is -2.36. The quantitative estimate of drug-likeness (QED) is 0.332. The van der Waals surface area contributed by atoms with Crippen molar-refractivity contribution in [2.75, 3.05) is 40.0 Å². The predicted octanol–water partition coefficient (Wildman–Crippen LogP) is 4.51. The summed E-state index contributed by atoms with van der Waals surface area (Å²) in [6, 6.07) is 19.8. The highest BCUT2D eigenvalue weighted by atomic mass is 16.5. The molecule has 1 heterocycles. The van der Waals surface area contributed by atoms with Crippen molar-refractivity contribution in [2.24, 2.45) is 7.05 Å². The van der Waals surface area contributed by atoms with E-state index in [0.717, 1.165) is 35.4 Å². The van der Waals surface area contributed by atoms with Crippen LogP contribution < -0.4 is 4.74 Å². The van der Waals surface area contributed by atoms with E-state index in [9.17, 15) is 5.11 Å². The fourth-order valence-corrected chi connectivity index (χ4v) is 3.75. The van der Waals surface area contributed by atoms with Gasteiger partial charge in [-0.25, -0.2) is 4.68 Å². The van der Waals surface area contributed by atoms with Crippen molar-refractivity contribution in [3.8, 4) is 22.9 Å². The maximum absolute atomic E-state index is 10.6. The molecule has 0 spiro atoms. The van der Waals surface area contributed by atoms with Gasteiger partial charge in [0.1, 0.15) is 11.4 Å². The van der Waals surface area contributed by atoms with Gasteiger partial charge in [-0.2, -0.15) is 5.10 Å². The number of aromatic nitrogens is 2. The number of rotatable bonds is 15. The van der Waals surface area contributed by atoms with Crippen molar-refractivity contribution in [1.82, 2.24) is 14.7 Å². The molecular weight excluding hydrogens is 430 g/mol. The van der Waals surface area contributed by atoms with Crippen molar-refractivity contribution >= 4 is 0 Å². The topological polar surface area (TPSA) is 69.0 Å². The standard InChI is InChI=1S/C27H37N3O4/c1-4-5-17-33-21-23(31)19-30(16-18-32-3)20-25-26(22-12-8-6-9-13-22)28-29(2)27(25)34-24-14-10-7-11-15-24/h6-15,23,31H,4-5,16-21H2,1-3H3/t23-/m1/s1.